The van der Waals surface area contributed by atoms with Gasteiger partial charge in [-0.15, -0.1) is 0 Å². The Morgan fingerprint density at radius 1 is 1.00 bits per heavy atom. The van der Waals surface area contributed by atoms with Gasteiger partial charge in [-0.05, 0) is 20.3 Å². The van der Waals surface area contributed by atoms with Crippen molar-refractivity contribution in [2.75, 3.05) is 0 Å². The molecule has 0 fully saturated rings. The van der Waals surface area contributed by atoms with Gasteiger partial charge in [-0.3, -0.25) is 9.59 Å². The highest BCUT2D eigenvalue weighted by Crippen LogP contribution is 2.23. The molecule has 2 atom stereocenters. The molecule has 0 aromatic rings. The molecule has 0 saturated heterocycles. The van der Waals surface area contributed by atoms with E-state index in [1.54, 1.807) is 0 Å². The number of carbonyl (C=O) groups excluding carboxylic acids is 3. The van der Waals surface area contributed by atoms with Crippen LogP contribution >= 0.6 is 0 Å². The molecular weight excluding hydrogens is 256 g/mol. The molecule has 0 aliphatic heterocycles. The van der Waals surface area contributed by atoms with E-state index in [1.165, 1.54) is 13.8 Å². The predicted octanol–water partition coefficient (Wildman–Crippen LogP) is 0.0821. The van der Waals surface area contributed by atoms with E-state index in [1.807, 2.05) is 0 Å². The van der Waals surface area contributed by atoms with Crippen LogP contribution in [-0.2, 0) is 23.9 Å². The summed E-state index contributed by atoms with van der Waals surface area (Å²) >= 11 is 0. The van der Waals surface area contributed by atoms with Crippen molar-refractivity contribution in [1.29, 1.82) is 0 Å². The second kappa shape index (κ2) is 5.92. The Bertz CT molecular complexity index is 398. The Hall–Kier alpha value is -1.76. The van der Waals surface area contributed by atoms with E-state index in [2.05, 4.69) is 4.74 Å². The van der Waals surface area contributed by atoms with Crippen molar-refractivity contribution in [2.45, 2.75) is 51.7 Å². The molecule has 2 unspecified atom stereocenters. The first-order valence-corrected chi connectivity index (χ1v) is 5.79. The van der Waals surface area contributed by atoms with Crippen LogP contribution in [0.4, 0.5) is 0 Å². The first-order valence-electron chi connectivity index (χ1n) is 5.79. The number of aliphatic hydroxyl groups is 1. The third kappa shape index (κ3) is 2.98. The topological polar surface area (TPSA) is 118 Å². The summed E-state index contributed by atoms with van der Waals surface area (Å²) in [5.74, 6) is -4.84. The highest BCUT2D eigenvalue weighted by molar-refractivity contribution is 6.11. The van der Waals surface area contributed by atoms with E-state index in [9.17, 15) is 24.3 Å². The fraction of sp³-hybridized carbons (Fsp3) is 0.667. The molecule has 0 aliphatic carbocycles. The van der Waals surface area contributed by atoms with E-state index >= 15 is 0 Å². The van der Waals surface area contributed by atoms with Crippen molar-refractivity contribution in [3.63, 3.8) is 0 Å². The molecule has 0 radical (unpaired) electrons. The molecule has 0 spiro atoms. The minimum Gasteiger partial charge on any atom is -0.478 e. The average molecular weight is 274 g/mol. The van der Waals surface area contributed by atoms with Crippen LogP contribution in [0.2, 0.25) is 0 Å². The molecule has 7 nitrogen and oxygen atoms in total. The largest absolute Gasteiger partial charge is 0.478 e. The molecule has 2 N–H and O–H groups in total. The van der Waals surface area contributed by atoms with E-state index in [4.69, 9.17) is 5.11 Å². The molecule has 19 heavy (non-hydrogen) atoms. The molecule has 0 saturated carbocycles. The Labute approximate surface area is 110 Å². The second-order valence-corrected chi connectivity index (χ2v) is 4.20. The maximum Gasteiger partial charge on any atom is 0.356 e. The Balaban J connectivity index is 5.51. The molecule has 0 heterocycles. The normalized spacial score (nSPS) is 16.9. The lowest BCUT2D eigenvalue weighted by molar-refractivity contribution is -0.195. The minimum absolute atomic E-state index is 0.279. The number of hydrogen-bond donors (Lipinski definition) is 2. The van der Waals surface area contributed by atoms with Crippen LogP contribution in [0.25, 0.3) is 0 Å². The van der Waals surface area contributed by atoms with Gasteiger partial charge in [0.25, 0.3) is 5.60 Å². The van der Waals surface area contributed by atoms with Crippen molar-refractivity contribution >= 4 is 23.5 Å². The zero-order valence-electron chi connectivity index (χ0n) is 11.3. The van der Waals surface area contributed by atoms with Crippen LogP contribution in [0, 0.1) is 0 Å². The quantitative estimate of drug-likeness (QED) is 0.498. The Kier molecular flexibility index (Phi) is 5.37. The summed E-state index contributed by atoms with van der Waals surface area (Å²) in [6.07, 6.45) is -0.584. The highest BCUT2D eigenvalue weighted by atomic mass is 16.6. The van der Waals surface area contributed by atoms with E-state index in [0.29, 0.717) is 0 Å². The third-order valence-electron chi connectivity index (χ3n) is 3.11. The number of carboxylic acid groups (broad SMARTS) is 1. The van der Waals surface area contributed by atoms with Crippen molar-refractivity contribution in [2.24, 2.45) is 0 Å². The van der Waals surface area contributed by atoms with Gasteiger partial charge in [0, 0.05) is 6.42 Å². The summed E-state index contributed by atoms with van der Waals surface area (Å²) in [6.45, 7) is 4.66. The summed E-state index contributed by atoms with van der Waals surface area (Å²) < 4.78 is 4.67. The number of carboxylic acids is 1. The number of Topliss-reactive ketones (excluding diaryl/α,β-unsaturated/α-hetero) is 2. The van der Waals surface area contributed by atoms with Crippen LogP contribution in [0.3, 0.4) is 0 Å². The van der Waals surface area contributed by atoms with Crippen molar-refractivity contribution < 1.29 is 34.1 Å². The first kappa shape index (κ1) is 17.2. The van der Waals surface area contributed by atoms with Crippen molar-refractivity contribution in [1.82, 2.24) is 0 Å². The van der Waals surface area contributed by atoms with Crippen LogP contribution < -0.4 is 0 Å². The average Bonchev–Trinajstić information content (AvgIpc) is 2.33. The molecule has 7 heteroatoms. The maximum absolute atomic E-state index is 11.8. The molecule has 108 valence electrons. The summed E-state index contributed by atoms with van der Waals surface area (Å²) in [5.41, 5.74) is -4.82. The molecular formula is C12H18O7. The number of esters is 1. The zero-order chi connectivity index (χ0) is 15.4. The molecule has 0 rings (SSSR count). The van der Waals surface area contributed by atoms with Crippen LogP contribution in [0.15, 0.2) is 0 Å². The fourth-order valence-electron chi connectivity index (χ4n) is 1.52. The number of aliphatic carboxylic acids is 1. The van der Waals surface area contributed by atoms with Crippen LogP contribution in [0.5, 0.6) is 0 Å². The van der Waals surface area contributed by atoms with Gasteiger partial charge in [-0.25, -0.2) is 9.59 Å². The molecule has 0 aromatic heterocycles. The third-order valence-corrected chi connectivity index (χ3v) is 3.11. The lowest BCUT2D eigenvalue weighted by atomic mass is 9.93. The molecule has 0 aliphatic rings. The maximum atomic E-state index is 11.8. The monoisotopic (exact) mass is 274 g/mol. The SMILES string of the molecule is CCC(O)(C(C)=O)C(=O)OC(CC)(C(C)=O)C(=O)O. The van der Waals surface area contributed by atoms with E-state index in [-0.39, 0.29) is 12.8 Å². The van der Waals surface area contributed by atoms with Crippen molar-refractivity contribution in [3.05, 3.63) is 0 Å². The fourth-order valence-corrected chi connectivity index (χ4v) is 1.52. The Morgan fingerprint density at radius 3 is 1.68 bits per heavy atom. The number of hydrogen-bond acceptors (Lipinski definition) is 6. The number of ketones is 2. The van der Waals surface area contributed by atoms with E-state index in [0.717, 1.165) is 13.8 Å². The lowest BCUT2D eigenvalue weighted by Crippen LogP contribution is -2.55. The van der Waals surface area contributed by atoms with Crippen molar-refractivity contribution in [3.8, 4) is 0 Å². The number of ether oxygens (including phenoxy) is 1. The first-order chi connectivity index (χ1) is 8.58. The highest BCUT2D eigenvalue weighted by Gasteiger charge is 2.51. The standard InChI is InChI=1S/C12H18O7/c1-5-11(18,7(3)13)10(17)19-12(6-2,8(4)14)9(15)16/h18H,5-6H2,1-4H3,(H,15,16). The smallest absolute Gasteiger partial charge is 0.356 e. The van der Waals surface area contributed by atoms with Gasteiger partial charge in [0.15, 0.2) is 11.6 Å². The van der Waals surface area contributed by atoms with Gasteiger partial charge in [-0.1, -0.05) is 13.8 Å². The summed E-state index contributed by atoms with van der Waals surface area (Å²) in [7, 11) is 0. The van der Waals surface area contributed by atoms with Gasteiger partial charge in [0.1, 0.15) is 0 Å². The predicted molar refractivity (Wildman–Crippen MR) is 63.4 cm³/mol. The number of carbonyl (C=O) groups is 4. The zero-order valence-corrected chi connectivity index (χ0v) is 11.3. The van der Waals surface area contributed by atoms with Gasteiger partial charge in [0.2, 0.25) is 5.60 Å². The summed E-state index contributed by atoms with van der Waals surface area (Å²) in [5, 5.41) is 18.9. The van der Waals surface area contributed by atoms with Crippen LogP contribution in [-0.4, -0.2) is 44.9 Å². The summed E-state index contributed by atoms with van der Waals surface area (Å²) in [6, 6.07) is 0. The Morgan fingerprint density at radius 2 is 1.47 bits per heavy atom. The van der Waals surface area contributed by atoms with Gasteiger partial charge in [0.05, 0.1) is 0 Å². The molecule has 0 bridgehead atoms. The van der Waals surface area contributed by atoms with Gasteiger partial charge >= 0.3 is 11.9 Å². The second-order valence-electron chi connectivity index (χ2n) is 4.20. The lowest BCUT2D eigenvalue weighted by Gasteiger charge is -2.30. The number of rotatable bonds is 7. The van der Waals surface area contributed by atoms with Gasteiger partial charge < -0.3 is 14.9 Å². The van der Waals surface area contributed by atoms with Gasteiger partial charge in [-0.2, -0.15) is 0 Å². The van der Waals surface area contributed by atoms with E-state index < -0.39 is 34.7 Å². The molecule has 0 aromatic carbocycles. The summed E-state index contributed by atoms with van der Waals surface area (Å²) in [4.78, 5) is 45.7. The minimum atomic E-state index is -2.44. The van der Waals surface area contributed by atoms with Crippen LogP contribution in [0.1, 0.15) is 40.5 Å². The molecule has 0 amide bonds.